The summed E-state index contributed by atoms with van der Waals surface area (Å²) in [6.07, 6.45) is 1.93. The van der Waals surface area contributed by atoms with Gasteiger partial charge in [0.15, 0.2) is 0 Å². The molecule has 0 aliphatic carbocycles. The molecular weight excluding hydrogens is 472 g/mol. The second-order valence-corrected chi connectivity index (χ2v) is 8.32. The number of fused-ring (bicyclic) bond motifs is 1. The van der Waals surface area contributed by atoms with E-state index in [0.29, 0.717) is 23.9 Å². The van der Waals surface area contributed by atoms with E-state index in [1.54, 1.807) is 18.0 Å². The van der Waals surface area contributed by atoms with Gasteiger partial charge in [-0.05, 0) is 40.5 Å². The summed E-state index contributed by atoms with van der Waals surface area (Å²) in [6, 6.07) is 15.6. The quantitative estimate of drug-likeness (QED) is 0.458. The number of aromatic nitrogens is 5. The van der Waals surface area contributed by atoms with Crippen molar-refractivity contribution in [2.45, 2.75) is 19.3 Å². The molecule has 4 aromatic rings. The molecule has 8 nitrogen and oxygen atoms in total. The number of rotatable bonds is 4. The molecule has 32 heavy (non-hydrogen) atoms. The maximum Gasteiger partial charge on any atom is 0.272 e. The van der Waals surface area contributed by atoms with Crippen LogP contribution in [0.3, 0.4) is 0 Å². The smallest absolute Gasteiger partial charge is 0.272 e. The van der Waals surface area contributed by atoms with Gasteiger partial charge < -0.3 is 10.1 Å². The Morgan fingerprint density at radius 2 is 2.00 bits per heavy atom. The van der Waals surface area contributed by atoms with Gasteiger partial charge in [-0.15, -0.1) is 5.10 Å². The summed E-state index contributed by atoms with van der Waals surface area (Å²) in [6.45, 7) is 1.92. The van der Waals surface area contributed by atoms with Crippen molar-refractivity contribution < 1.29 is 9.53 Å². The van der Waals surface area contributed by atoms with Crippen molar-refractivity contribution in [1.29, 1.82) is 0 Å². The topological polar surface area (TPSA) is 94.8 Å². The first-order chi connectivity index (χ1) is 15.5. The molecule has 160 valence electrons. The van der Waals surface area contributed by atoms with Crippen LogP contribution in [0.4, 0.5) is 5.82 Å². The van der Waals surface area contributed by atoms with Crippen molar-refractivity contribution in [2.24, 2.45) is 0 Å². The SMILES string of the molecule is COc1ccc(C2CC(=O)Nc3c2c(C)nn3-c2nncc(-c3ccccc3)n2)cc1Br. The molecule has 1 unspecified atom stereocenters. The van der Waals surface area contributed by atoms with E-state index in [0.717, 1.165) is 32.6 Å². The van der Waals surface area contributed by atoms with Crippen LogP contribution in [0.25, 0.3) is 17.2 Å². The van der Waals surface area contributed by atoms with Gasteiger partial charge >= 0.3 is 0 Å². The van der Waals surface area contributed by atoms with Gasteiger partial charge in [-0.3, -0.25) is 4.79 Å². The highest BCUT2D eigenvalue weighted by Gasteiger charge is 2.33. The van der Waals surface area contributed by atoms with E-state index in [1.807, 2.05) is 55.5 Å². The van der Waals surface area contributed by atoms with Gasteiger partial charge in [0, 0.05) is 23.5 Å². The summed E-state index contributed by atoms with van der Waals surface area (Å²) < 4.78 is 7.74. The fraction of sp³-hybridized carbons (Fsp3) is 0.174. The molecule has 0 fully saturated rings. The summed E-state index contributed by atoms with van der Waals surface area (Å²) in [5.74, 6) is 1.36. The molecule has 0 radical (unpaired) electrons. The predicted octanol–water partition coefficient (Wildman–Crippen LogP) is 4.28. The van der Waals surface area contributed by atoms with Crippen molar-refractivity contribution in [2.75, 3.05) is 12.4 Å². The highest BCUT2D eigenvalue weighted by Crippen LogP contribution is 2.41. The average molecular weight is 491 g/mol. The van der Waals surface area contributed by atoms with Gasteiger partial charge in [0.25, 0.3) is 5.95 Å². The van der Waals surface area contributed by atoms with Gasteiger partial charge in [-0.25, -0.2) is 4.98 Å². The Morgan fingerprint density at radius 1 is 1.19 bits per heavy atom. The molecule has 0 bridgehead atoms. The second-order valence-electron chi connectivity index (χ2n) is 7.47. The van der Waals surface area contributed by atoms with Crippen molar-refractivity contribution >= 4 is 27.7 Å². The molecule has 0 saturated carbocycles. The zero-order chi connectivity index (χ0) is 22.2. The van der Waals surface area contributed by atoms with Crippen molar-refractivity contribution in [3.05, 3.63) is 76.0 Å². The monoisotopic (exact) mass is 490 g/mol. The minimum atomic E-state index is -0.153. The van der Waals surface area contributed by atoms with Gasteiger partial charge in [0.2, 0.25) is 5.91 Å². The Labute approximate surface area is 192 Å². The highest BCUT2D eigenvalue weighted by molar-refractivity contribution is 9.10. The van der Waals surface area contributed by atoms with Gasteiger partial charge in [-0.1, -0.05) is 36.4 Å². The average Bonchev–Trinajstić information content (AvgIpc) is 3.15. The number of halogens is 1. The van der Waals surface area contributed by atoms with Crippen LogP contribution in [-0.2, 0) is 4.79 Å². The second kappa shape index (κ2) is 8.16. The number of carbonyl (C=O) groups is 1. The Hall–Kier alpha value is -3.59. The van der Waals surface area contributed by atoms with E-state index >= 15 is 0 Å². The number of methoxy groups -OCH3 is 1. The zero-order valence-corrected chi connectivity index (χ0v) is 19.0. The molecule has 1 aliphatic rings. The van der Waals surface area contributed by atoms with Crippen LogP contribution in [0.2, 0.25) is 0 Å². The Kier molecular flexibility index (Phi) is 5.18. The molecule has 1 aliphatic heterocycles. The van der Waals surface area contributed by atoms with Crippen LogP contribution in [0.15, 0.2) is 59.2 Å². The molecule has 1 amide bonds. The summed E-state index contributed by atoms with van der Waals surface area (Å²) >= 11 is 3.54. The van der Waals surface area contributed by atoms with Crippen LogP contribution < -0.4 is 10.1 Å². The summed E-state index contributed by atoms with van der Waals surface area (Å²) in [4.78, 5) is 17.3. The molecule has 1 atom stereocenters. The van der Waals surface area contributed by atoms with Crippen LogP contribution in [0, 0.1) is 6.92 Å². The number of nitrogens with zero attached hydrogens (tertiary/aromatic N) is 5. The van der Waals surface area contributed by atoms with E-state index in [2.05, 4.69) is 41.5 Å². The zero-order valence-electron chi connectivity index (χ0n) is 17.4. The number of ether oxygens (including phenoxy) is 1. The van der Waals surface area contributed by atoms with Gasteiger partial charge in [0.1, 0.15) is 11.6 Å². The van der Waals surface area contributed by atoms with Crippen molar-refractivity contribution in [3.63, 3.8) is 0 Å². The Morgan fingerprint density at radius 3 is 2.75 bits per heavy atom. The maximum absolute atomic E-state index is 12.7. The lowest BCUT2D eigenvalue weighted by atomic mass is 9.86. The third-order valence-corrected chi connectivity index (χ3v) is 6.11. The lowest BCUT2D eigenvalue weighted by molar-refractivity contribution is -0.116. The first kappa shape index (κ1) is 20.3. The van der Waals surface area contributed by atoms with Crippen molar-refractivity contribution in [3.8, 4) is 23.0 Å². The number of carbonyl (C=O) groups excluding carboxylic acids is 1. The van der Waals surface area contributed by atoms with Crippen LogP contribution in [0.1, 0.15) is 29.2 Å². The van der Waals surface area contributed by atoms with Crippen molar-refractivity contribution in [1.82, 2.24) is 25.0 Å². The maximum atomic E-state index is 12.7. The number of benzene rings is 2. The molecule has 0 spiro atoms. The van der Waals surface area contributed by atoms with E-state index in [-0.39, 0.29) is 11.8 Å². The normalized spacial score (nSPS) is 15.2. The molecule has 1 N–H and O–H groups in total. The Balaban J connectivity index is 1.61. The van der Waals surface area contributed by atoms with Crippen LogP contribution >= 0.6 is 15.9 Å². The summed E-state index contributed by atoms with van der Waals surface area (Å²) in [5, 5.41) is 15.9. The number of amides is 1. The standard InChI is InChI=1S/C23H19BrN6O2/c1-13-21-16(15-8-9-19(32-2)17(24)10-15)11-20(31)27-22(21)30(29-13)23-26-18(12-25-28-23)14-6-4-3-5-7-14/h3-10,12,16H,11H2,1-2H3,(H,27,31). The molecule has 5 rings (SSSR count). The minimum Gasteiger partial charge on any atom is -0.496 e. The predicted molar refractivity (Wildman–Crippen MR) is 123 cm³/mol. The Bertz CT molecular complexity index is 1320. The summed E-state index contributed by atoms with van der Waals surface area (Å²) in [5.41, 5.74) is 4.33. The minimum absolute atomic E-state index is 0.0947. The molecule has 3 heterocycles. The number of hydrogen-bond donors (Lipinski definition) is 1. The molecule has 2 aromatic carbocycles. The lowest BCUT2D eigenvalue weighted by Gasteiger charge is -2.24. The molecular formula is C23H19BrN6O2. The lowest BCUT2D eigenvalue weighted by Crippen LogP contribution is -2.25. The first-order valence-electron chi connectivity index (χ1n) is 10.0. The summed E-state index contributed by atoms with van der Waals surface area (Å²) in [7, 11) is 1.62. The third kappa shape index (κ3) is 3.54. The van der Waals surface area contributed by atoms with E-state index in [1.165, 1.54) is 0 Å². The number of nitrogens with one attached hydrogen (secondary N) is 1. The van der Waals surface area contributed by atoms with E-state index in [4.69, 9.17) is 4.74 Å². The number of anilines is 1. The number of aryl methyl sites for hydroxylation is 1. The first-order valence-corrected chi connectivity index (χ1v) is 10.8. The van der Waals surface area contributed by atoms with E-state index in [9.17, 15) is 4.79 Å². The molecule has 9 heteroatoms. The van der Waals surface area contributed by atoms with E-state index < -0.39 is 0 Å². The van der Waals surface area contributed by atoms with Crippen LogP contribution in [-0.4, -0.2) is 38.0 Å². The highest BCUT2D eigenvalue weighted by atomic mass is 79.9. The number of hydrogen-bond acceptors (Lipinski definition) is 6. The largest absolute Gasteiger partial charge is 0.496 e. The fourth-order valence-corrected chi connectivity index (χ4v) is 4.57. The third-order valence-electron chi connectivity index (χ3n) is 5.49. The molecule has 2 aromatic heterocycles. The van der Waals surface area contributed by atoms with Gasteiger partial charge in [0.05, 0.1) is 29.2 Å². The van der Waals surface area contributed by atoms with Gasteiger partial charge in [-0.2, -0.15) is 14.9 Å². The molecule has 0 saturated heterocycles. The van der Waals surface area contributed by atoms with Crippen LogP contribution in [0.5, 0.6) is 5.75 Å². The fourth-order valence-electron chi connectivity index (χ4n) is 4.01.